The van der Waals surface area contributed by atoms with E-state index in [1.54, 1.807) is 24.4 Å². The molecule has 128 valence electrons. The maximum absolute atomic E-state index is 6.14. The lowest BCUT2D eigenvalue weighted by molar-refractivity contribution is 0.853. The number of para-hydroxylation sites is 1. The van der Waals surface area contributed by atoms with Crippen molar-refractivity contribution in [3.63, 3.8) is 0 Å². The molecule has 2 aromatic carbocycles. The quantitative estimate of drug-likeness (QED) is 0.572. The normalized spacial score (nSPS) is 10.5. The highest BCUT2D eigenvalue weighted by Gasteiger charge is 2.08. The summed E-state index contributed by atoms with van der Waals surface area (Å²) in [5.74, 6) is 0.983. The second kappa shape index (κ2) is 8.65. The Morgan fingerprint density at radius 3 is 2.44 bits per heavy atom. The number of aryl methyl sites for hydroxylation is 1. The number of nitrogens with zero attached hydrogens (tertiary/aromatic N) is 3. The molecule has 3 aromatic rings. The molecule has 7 heteroatoms. The SMILES string of the molecule is Clc1cccc(Cl)c1Nc1nncc(NCCCc2ccccc2)n1. The van der Waals surface area contributed by atoms with Crippen molar-refractivity contribution in [2.24, 2.45) is 0 Å². The summed E-state index contributed by atoms with van der Waals surface area (Å²) in [6, 6.07) is 15.6. The van der Waals surface area contributed by atoms with Gasteiger partial charge in [0.2, 0.25) is 5.95 Å². The summed E-state index contributed by atoms with van der Waals surface area (Å²) in [6.07, 6.45) is 3.59. The van der Waals surface area contributed by atoms with Gasteiger partial charge in [0.15, 0.2) is 5.82 Å². The van der Waals surface area contributed by atoms with Gasteiger partial charge in [-0.05, 0) is 30.5 Å². The van der Waals surface area contributed by atoms with Gasteiger partial charge in [0, 0.05) is 6.54 Å². The number of anilines is 3. The standard InChI is InChI=1S/C18H17Cl2N5/c19-14-9-4-10-15(20)17(14)24-18-23-16(12-22-25-18)21-11-5-8-13-6-2-1-3-7-13/h1-4,6-7,9-10,12H,5,8,11H2,(H2,21,23,24,25). The zero-order valence-corrected chi connectivity index (χ0v) is 14.9. The Bertz CT molecular complexity index is 806. The zero-order valence-electron chi connectivity index (χ0n) is 13.4. The van der Waals surface area contributed by atoms with Crippen molar-refractivity contribution >= 4 is 40.7 Å². The van der Waals surface area contributed by atoms with Crippen LogP contribution in [0.15, 0.2) is 54.7 Å². The van der Waals surface area contributed by atoms with Gasteiger partial charge in [-0.15, -0.1) is 5.10 Å². The van der Waals surface area contributed by atoms with E-state index in [1.807, 2.05) is 6.07 Å². The first-order valence-corrected chi connectivity index (χ1v) is 8.66. The van der Waals surface area contributed by atoms with Gasteiger partial charge in [-0.3, -0.25) is 0 Å². The molecule has 0 unspecified atom stereocenters. The maximum atomic E-state index is 6.14. The first-order chi connectivity index (χ1) is 12.2. The highest BCUT2D eigenvalue weighted by molar-refractivity contribution is 6.39. The van der Waals surface area contributed by atoms with Crippen LogP contribution >= 0.6 is 23.2 Å². The van der Waals surface area contributed by atoms with Crippen molar-refractivity contribution in [1.29, 1.82) is 0 Å². The van der Waals surface area contributed by atoms with Gasteiger partial charge in [-0.1, -0.05) is 59.6 Å². The third-order valence-electron chi connectivity index (χ3n) is 3.55. The lowest BCUT2D eigenvalue weighted by Crippen LogP contribution is -2.08. The lowest BCUT2D eigenvalue weighted by atomic mass is 10.1. The van der Waals surface area contributed by atoms with E-state index < -0.39 is 0 Å². The highest BCUT2D eigenvalue weighted by Crippen LogP contribution is 2.31. The Hall–Kier alpha value is -2.37. The van der Waals surface area contributed by atoms with Crippen LogP contribution in [0.3, 0.4) is 0 Å². The smallest absolute Gasteiger partial charge is 0.249 e. The second-order valence-electron chi connectivity index (χ2n) is 5.40. The molecule has 0 bridgehead atoms. The van der Waals surface area contributed by atoms with E-state index in [4.69, 9.17) is 23.2 Å². The molecule has 3 rings (SSSR count). The molecule has 1 aromatic heterocycles. The molecule has 0 saturated heterocycles. The van der Waals surface area contributed by atoms with Crippen LogP contribution in [0.5, 0.6) is 0 Å². The largest absolute Gasteiger partial charge is 0.369 e. The Morgan fingerprint density at radius 1 is 0.920 bits per heavy atom. The van der Waals surface area contributed by atoms with E-state index in [-0.39, 0.29) is 0 Å². The van der Waals surface area contributed by atoms with Crippen molar-refractivity contribution in [3.8, 4) is 0 Å². The topological polar surface area (TPSA) is 62.7 Å². The molecule has 0 spiro atoms. The predicted molar refractivity (Wildman–Crippen MR) is 103 cm³/mol. The first kappa shape index (κ1) is 17.5. The molecule has 1 heterocycles. The number of aromatic nitrogens is 3. The van der Waals surface area contributed by atoms with Crippen LogP contribution in [-0.2, 0) is 6.42 Å². The second-order valence-corrected chi connectivity index (χ2v) is 6.22. The van der Waals surface area contributed by atoms with Gasteiger partial charge in [0.1, 0.15) is 0 Å². The fraction of sp³-hybridized carbons (Fsp3) is 0.167. The number of hydrogen-bond donors (Lipinski definition) is 2. The van der Waals surface area contributed by atoms with E-state index in [1.165, 1.54) is 5.56 Å². The lowest BCUT2D eigenvalue weighted by Gasteiger charge is -2.10. The molecule has 0 radical (unpaired) electrons. The summed E-state index contributed by atoms with van der Waals surface area (Å²) in [5, 5.41) is 15.2. The summed E-state index contributed by atoms with van der Waals surface area (Å²) < 4.78 is 0. The van der Waals surface area contributed by atoms with Crippen LogP contribution in [0.2, 0.25) is 10.0 Å². The minimum absolute atomic E-state index is 0.336. The van der Waals surface area contributed by atoms with Gasteiger partial charge >= 0.3 is 0 Å². The average molecular weight is 374 g/mol. The average Bonchev–Trinajstić information content (AvgIpc) is 2.63. The van der Waals surface area contributed by atoms with E-state index in [9.17, 15) is 0 Å². The monoisotopic (exact) mass is 373 g/mol. The third kappa shape index (κ3) is 5.05. The van der Waals surface area contributed by atoms with Crippen LogP contribution in [0.1, 0.15) is 12.0 Å². The van der Waals surface area contributed by atoms with Crippen LogP contribution in [0.4, 0.5) is 17.5 Å². The van der Waals surface area contributed by atoms with Gasteiger partial charge in [-0.25, -0.2) is 0 Å². The van der Waals surface area contributed by atoms with Crippen molar-refractivity contribution < 1.29 is 0 Å². The molecule has 0 atom stereocenters. The molecule has 0 amide bonds. The molecule has 2 N–H and O–H groups in total. The van der Waals surface area contributed by atoms with Crippen molar-refractivity contribution in [3.05, 3.63) is 70.3 Å². The first-order valence-electron chi connectivity index (χ1n) is 7.91. The number of hydrogen-bond acceptors (Lipinski definition) is 5. The fourth-order valence-electron chi connectivity index (χ4n) is 2.32. The van der Waals surface area contributed by atoms with Crippen molar-refractivity contribution in [1.82, 2.24) is 15.2 Å². The van der Waals surface area contributed by atoms with Crippen LogP contribution in [-0.4, -0.2) is 21.7 Å². The summed E-state index contributed by atoms with van der Waals surface area (Å²) in [7, 11) is 0. The number of nitrogens with one attached hydrogen (secondary N) is 2. The van der Waals surface area contributed by atoms with E-state index >= 15 is 0 Å². The summed E-state index contributed by atoms with van der Waals surface area (Å²) in [4.78, 5) is 4.38. The molecule has 5 nitrogen and oxygen atoms in total. The summed E-state index contributed by atoms with van der Waals surface area (Å²) >= 11 is 12.3. The molecular weight excluding hydrogens is 357 g/mol. The Kier molecular flexibility index (Phi) is 6.04. The predicted octanol–water partition coefficient (Wildman–Crippen LogP) is 4.97. The molecular formula is C18H17Cl2N5. The third-order valence-corrected chi connectivity index (χ3v) is 4.18. The number of halogens is 2. The Balaban J connectivity index is 1.56. The minimum Gasteiger partial charge on any atom is -0.369 e. The van der Waals surface area contributed by atoms with Gasteiger partial charge in [0.05, 0.1) is 21.9 Å². The molecule has 0 aliphatic heterocycles. The van der Waals surface area contributed by atoms with Crippen molar-refractivity contribution in [2.45, 2.75) is 12.8 Å². The summed E-state index contributed by atoms with van der Waals surface area (Å²) in [6.45, 7) is 0.792. The van der Waals surface area contributed by atoms with Crippen LogP contribution in [0, 0.1) is 0 Å². The molecule has 0 aliphatic rings. The number of rotatable bonds is 7. The molecule has 0 saturated carbocycles. The Morgan fingerprint density at radius 2 is 1.68 bits per heavy atom. The maximum Gasteiger partial charge on any atom is 0.249 e. The van der Waals surface area contributed by atoms with Gasteiger partial charge < -0.3 is 10.6 Å². The van der Waals surface area contributed by atoms with E-state index in [0.29, 0.717) is 27.5 Å². The molecule has 0 fully saturated rings. The number of benzene rings is 2. The van der Waals surface area contributed by atoms with E-state index in [0.717, 1.165) is 19.4 Å². The fourth-order valence-corrected chi connectivity index (χ4v) is 2.82. The molecule has 0 aliphatic carbocycles. The van der Waals surface area contributed by atoms with Crippen molar-refractivity contribution in [2.75, 3.05) is 17.2 Å². The summed E-state index contributed by atoms with van der Waals surface area (Å²) in [5.41, 5.74) is 1.88. The van der Waals surface area contributed by atoms with Crippen LogP contribution < -0.4 is 10.6 Å². The Labute approximate surface area is 156 Å². The zero-order chi connectivity index (χ0) is 17.5. The highest BCUT2D eigenvalue weighted by atomic mass is 35.5. The molecule has 25 heavy (non-hydrogen) atoms. The van der Waals surface area contributed by atoms with Gasteiger partial charge in [0.25, 0.3) is 0 Å². The van der Waals surface area contributed by atoms with E-state index in [2.05, 4.69) is 50.1 Å². The van der Waals surface area contributed by atoms with Gasteiger partial charge in [-0.2, -0.15) is 10.1 Å². The van der Waals surface area contributed by atoms with Crippen LogP contribution in [0.25, 0.3) is 0 Å². The minimum atomic E-state index is 0.336.